The highest BCUT2D eigenvalue weighted by molar-refractivity contribution is 6.30. The predicted molar refractivity (Wildman–Crippen MR) is 67.3 cm³/mol. The van der Waals surface area contributed by atoms with Crippen LogP contribution < -0.4 is 0 Å². The number of benzene rings is 2. The maximum absolute atomic E-state index is 5.85. The Morgan fingerprint density at radius 3 is 2.41 bits per heavy atom. The molecule has 0 aliphatic carbocycles. The Balaban J connectivity index is 1.65. The van der Waals surface area contributed by atoms with Crippen molar-refractivity contribution >= 4 is 11.6 Å². The van der Waals surface area contributed by atoms with Crippen LogP contribution >= 0.6 is 11.6 Å². The lowest BCUT2D eigenvalue weighted by Crippen LogP contribution is -1.98. The molecule has 2 unspecified atom stereocenters. The van der Waals surface area contributed by atoms with Gasteiger partial charge in [0.05, 0.1) is 6.54 Å². The van der Waals surface area contributed by atoms with E-state index in [0.717, 1.165) is 17.1 Å². The topological polar surface area (TPSA) is 15.5 Å². The minimum Gasteiger partial charge on any atom is -0.270 e. The smallest absolute Gasteiger partial charge is 0.180 e. The van der Waals surface area contributed by atoms with Gasteiger partial charge in [-0.25, -0.2) is 0 Å². The first-order chi connectivity index (χ1) is 8.33. The Kier molecular flexibility index (Phi) is 2.85. The fraction of sp³-hybridized carbons (Fsp3) is 0.143. The van der Waals surface area contributed by atoms with Crippen molar-refractivity contribution < 1.29 is 4.84 Å². The van der Waals surface area contributed by atoms with E-state index in [0.29, 0.717) is 0 Å². The molecule has 0 N–H and O–H groups in total. The molecule has 3 heteroatoms. The zero-order chi connectivity index (χ0) is 11.7. The average Bonchev–Trinajstić information content (AvgIpc) is 3.11. The van der Waals surface area contributed by atoms with Crippen LogP contribution in [0.3, 0.4) is 0 Å². The minimum absolute atomic E-state index is 0.0764. The molecule has 0 amide bonds. The van der Waals surface area contributed by atoms with Crippen molar-refractivity contribution in [2.24, 2.45) is 0 Å². The first-order valence-corrected chi connectivity index (χ1v) is 5.93. The Bertz CT molecular complexity index is 497. The van der Waals surface area contributed by atoms with Gasteiger partial charge in [0.1, 0.15) is 0 Å². The van der Waals surface area contributed by atoms with Crippen LogP contribution in [0.1, 0.15) is 17.4 Å². The van der Waals surface area contributed by atoms with Crippen LogP contribution in [0, 0.1) is 0 Å². The van der Waals surface area contributed by atoms with Gasteiger partial charge in [0, 0.05) is 5.02 Å². The molecule has 0 saturated carbocycles. The van der Waals surface area contributed by atoms with Crippen molar-refractivity contribution in [2.75, 3.05) is 0 Å². The molecule has 1 fully saturated rings. The number of rotatable bonds is 3. The average molecular weight is 246 g/mol. The quantitative estimate of drug-likeness (QED) is 0.765. The van der Waals surface area contributed by atoms with E-state index >= 15 is 0 Å². The molecule has 1 aliphatic rings. The van der Waals surface area contributed by atoms with Crippen molar-refractivity contribution in [2.45, 2.75) is 12.8 Å². The van der Waals surface area contributed by atoms with Gasteiger partial charge in [0.2, 0.25) is 0 Å². The normalized spacial score (nSPS) is 22.4. The van der Waals surface area contributed by atoms with Crippen LogP contribution in [0.4, 0.5) is 0 Å². The third-order valence-electron chi connectivity index (χ3n) is 2.79. The van der Waals surface area contributed by atoms with E-state index in [1.807, 2.05) is 47.5 Å². The SMILES string of the molecule is Clc1ccc(C2ON2Cc2ccccc2)cc1. The predicted octanol–water partition coefficient (Wildman–Crippen LogP) is 3.79. The molecule has 0 radical (unpaired) electrons. The molecule has 0 bridgehead atoms. The summed E-state index contributed by atoms with van der Waals surface area (Å²) in [6, 6.07) is 18.1. The van der Waals surface area contributed by atoms with E-state index in [-0.39, 0.29) is 6.23 Å². The van der Waals surface area contributed by atoms with Crippen molar-refractivity contribution in [3.05, 3.63) is 70.7 Å². The summed E-state index contributed by atoms with van der Waals surface area (Å²) in [6.07, 6.45) is 0.0764. The van der Waals surface area contributed by atoms with Crippen LogP contribution in [-0.4, -0.2) is 5.06 Å². The van der Waals surface area contributed by atoms with Crippen LogP contribution in [0.15, 0.2) is 54.6 Å². The molecular weight excluding hydrogens is 234 g/mol. The van der Waals surface area contributed by atoms with Gasteiger partial charge in [-0.15, -0.1) is 5.06 Å². The van der Waals surface area contributed by atoms with E-state index in [1.54, 1.807) is 0 Å². The van der Waals surface area contributed by atoms with Gasteiger partial charge in [-0.05, 0) is 23.3 Å². The first kappa shape index (κ1) is 10.8. The van der Waals surface area contributed by atoms with Crippen molar-refractivity contribution in [1.82, 2.24) is 5.06 Å². The van der Waals surface area contributed by atoms with Crippen LogP contribution in [0.5, 0.6) is 0 Å². The molecule has 0 spiro atoms. The standard InChI is InChI=1S/C14H12ClNO/c15-13-8-6-12(7-9-13)14-16(17-14)10-11-4-2-1-3-5-11/h1-9,14H,10H2. The number of hydroxylamine groups is 2. The number of nitrogens with zero attached hydrogens (tertiary/aromatic N) is 1. The van der Waals surface area contributed by atoms with E-state index in [4.69, 9.17) is 16.4 Å². The molecule has 3 rings (SSSR count). The summed E-state index contributed by atoms with van der Waals surface area (Å²) in [4.78, 5) is 5.54. The summed E-state index contributed by atoms with van der Waals surface area (Å²) >= 11 is 5.85. The fourth-order valence-corrected chi connectivity index (χ4v) is 1.97. The van der Waals surface area contributed by atoms with Crippen LogP contribution in [0.25, 0.3) is 0 Å². The Morgan fingerprint density at radius 1 is 1.00 bits per heavy atom. The second-order valence-electron chi connectivity index (χ2n) is 4.07. The molecular formula is C14H12ClNO. The van der Waals surface area contributed by atoms with Crippen molar-refractivity contribution in [3.8, 4) is 0 Å². The Morgan fingerprint density at radius 2 is 1.71 bits per heavy atom. The van der Waals surface area contributed by atoms with Crippen molar-refractivity contribution in [3.63, 3.8) is 0 Å². The summed E-state index contributed by atoms with van der Waals surface area (Å²) in [7, 11) is 0. The maximum Gasteiger partial charge on any atom is 0.180 e. The largest absolute Gasteiger partial charge is 0.270 e. The van der Waals surface area contributed by atoms with Gasteiger partial charge >= 0.3 is 0 Å². The molecule has 1 aliphatic heterocycles. The van der Waals surface area contributed by atoms with Crippen molar-refractivity contribution in [1.29, 1.82) is 0 Å². The van der Waals surface area contributed by atoms with Gasteiger partial charge in [-0.1, -0.05) is 54.1 Å². The molecule has 0 aromatic heterocycles. The van der Waals surface area contributed by atoms with Gasteiger partial charge in [-0.2, -0.15) is 0 Å². The monoisotopic (exact) mass is 245 g/mol. The number of hydrogen-bond donors (Lipinski definition) is 0. The fourth-order valence-electron chi connectivity index (χ4n) is 1.84. The minimum atomic E-state index is 0.0764. The lowest BCUT2D eigenvalue weighted by atomic mass is 10.2. The molecule has 2 aromatic carbocycles. The first-order valence-electron chi connectivity index (χ1n) is 5.56. The second kappa shape index (κ2) is 4.49. The lowest BCUT2D eigenvalue weighted by Gasteiger charge is -1.99. The Hall–Kier alpha value is -1.35. The molecule has 2 aromatic rings. The van der Waals surface area contributed by atoms with E-state index in [9.17, 15) is 0 Å². The molecule has 2 nitrogen and oxygen atoms in total. The maximum atomic E-state index is 5.85. The summed E-state index contributed by atoms with van der Waals surface area (Å²) in [5.41, 5.74) is 2.40. The Labute approximate surface area is 105 Å². The van der Waals surface area contributed by atoms with E-state index in [2.05, 4.69) is 12.1 Å². The van der Waals surface area contributed by atoms with E-state index < -0.39 is 0 Å². The second-order valence-corrected chi connectivity index (χ2v) is 4.51. The van der Waals surface area contributed by atoms with Gasteiger partial charge < -0.3 is 0 Å². The number of hydrogen-bond acceptors (Lipinski definition) is 2. The number of halogens is 1. The van der Waals surface area contributed by atoms with Gasteiger partial charge in [0.15, 0.2) is 6.23 Å². The molecule has 86 valence electrons. The zero-order valence-corrected chi connectivity index (χ0v) is 9.97. The third-order valence-corrected chi connectivity index (χ3v) is 3.04. The summed E-state index contributed by atoms with van der Waals surface area (Å²) in [6.45, 7) is 0.814. The molecule has 1 saturated heterocycles. The third kappa shape index (κ3) is 2.50. The molecule has 2 atom stereocenters. The van der Waals surface area contributed by atoms with E-state index in [1.165, 1.54) is 5.56 Å². The molecule has 17 heavy (non-hydrogen) atoms. The lowest BCUT2D eigenvalue weighted by molar-refractivity contribution is 0.192. The zero-order valence-electron chi connectivity index (χ0n) is 9.21. The summed E-state index contributed by atoms with van der Waals surface area (Å²) < 4.78 is 0. The summed E-state index contributed by atoms with van der Waals surface area (Å²) in [5.74, 6) is 0. The highest BCUT2D eigenvalue weighted by Gasteiger charge is 2.37. The van der Waals surface area contributed by atoms with Crippen LogP contribution in [-0.2, 0) is 11.4 Å². The van der Waals surface area contributed by atoms with Gasteiger partial charge in [-0.3, -0.25) is 4.84 Å². The summed E-state index contributed by atoms with van der Waals surface area (Å²) in [5, 5.41) is 2.71. The highest BCUT2D eigenvalue weighted by Crippen LogP contribution is 2.38. The van der Waals surface area contributed by atoms with Crippen LogP contribution in [0.2, 0.25) is 5.02 Å². The molecule has 1 heterocycles. The van der Waals surface area contributed by atoms with Gasteiger partial charge in [0.25, 0.3) is 0 Å². The highest BCUT2D eigenvalue weighted by atomic mass is 35.5.